The maximum atomic E-state index is 5.71. The fraction of sp³-hybridized carbons (Fsp3) is 0.562. The molecule has 0 aliphatic carbocycles. The van der Waals surface area contributed by atoms with Gasteiger partial charge in [-0.1, -0.05) is 37.3 Å². The second kappa shape index (κ2) is 8.92. The lowest BCUT2D eigenvalue weighted by molar-refractivity contribution is 0.169. The van der Waals surface area contributed by atoms with Crippen molar-refractivity contribution in [1.29, 1.82) is 0 Å². The molecule has 0 fully saturated rings. The van der Waals surface area contributed by atoms with Gasteiger partial charge in [0.05, 0.1) is 6.10 Å². The summed E-state index contributed by atoms with van der Waals surface area (Å²) in [5, 5.41) is 0.643. The molecule has 3 heteroatoms. The summed E-state index contributed by atoms with van der Waals surface area (Å²) in [5.41, 5.74) is 1.38. The highest BCUT2D eigenvalue weighted by molar-refractivity contribution is 7.80. The van der Waals surface area contributed by atoms with Crippen LogP contribution in [0.25, 0.3) is 0 Å². The number of hydrogen-bond donors (Lipinski definition) is 0. The van der Waals surface area contributed by atoms with E-state index in [1.807, 2.05) is 0 Å². The molecule has 0 N–H and O–H groups in total. The molecule has 0 saturated carbocycles. The zero-order chi connectivity index (χ0) is 14.1. The maximum absolute atomic E-state index is 5.71. The average molecular weight is 279 g/mol. The van der Waals surface area contributed by atoms with Crippen molar-refractivity contribution >= 4 is 17.4 Å². The Morgan fingerprint density at radius 1 is 1.26 bits per heavy atom. The van der Waals surface area contributed by atoms with Crippen LogP contribution in [0.15, 0.2) is 30.3 Å². The van der Waals surface area contributed by atoms with E-state index >= 15 is 0 Å². The normalized spacial score (nSPS) is 11.9. The molecule has 0 aliphatic rings. The fourth-order valence-corrected chi connectivity index (χ4v) is 2.21. The van der Waals surface area contributed by atoms with Crippen molar-refractivity contribution in [3.63, 3.8) is 0 Å². The van der Waals surface area contributed by atoms with Crippen LogP contribution in [0.2, 0.25) is 0 Å². The van der Waals surface area contributed by atoms with Crippen molar-refractivity contribution in [1.82, 2.24) is 4.90 Å². The average Bonchev–Trinajstić information content (AvgIpc) is 2.44. The van der Waals surface area contributed by atoms with E-state index < -0.39 is 0 Å². The maximum Gasteiger partial charge on any atom is 0.259 e. The van der Waals surface area contributed by atoms with Crippen molar-refractivity contribution < 1.29 is 4.74 Å². The highest BCUT2D eigenvalue weighted by atomic mass is 32.1. The van der Waals surface area contributed by atoms with E-state index in [1.165, 1.54) is 5.56 Å². The van der Waals surface area contributed by atoms with Gasteiger partial charge >= 0.3 is 0 Å². The Balaban J connectivity index is 2.34. The molecule has 0 spiro atoms. The van der Waals surface area contributed by atoms with Gasteiger partial charge < -0.3 is 9.64 Å². The van der Waals surface area contributed by atoms with Crippen LogP contribution in [0.5, 0.6) is 0 Å². The predicted octanol–water partition coefficient (Wildman–Crippen LogP) is 4.04. The molecule has 19 heavy (non-hydrogen) atoms. The minimum Gasteiger partial charge on any atom is -0.468 e. The van der Waals surface area contributed by atoms with Gasteiger partial charge in [0.25, 0.3) is 5.17 Å². The monoisotopic (exact) mass is 279 g/mol. The van der Waals surface area contributed by atoms with Gasteiger partial charge in [0.2, 0.25) is 0 Å². The predicted molar refractivity (Wildman–Crippen MR) is 85.4 cm³/mol. The van der Waals surface area contributed by atoms with Crippen LogP contribution in [0.3, 0.4) is 0 Å². The lowest BCUT2D eigenvalue weighted by atomic mass is 10.1. The molecular weight excluding hydrogens is 254 g/mol. The van der Waals surface area contributed by atoms with Crippen molar-refractivity contribution in [3.05, 3.63) is 35.9 Å². The van der Waals surface area contributed by atoms with Gasteiger partial charge in [-0.05, 0) is 50.9 Å². The topological polar surface area (TPSA) is 12.5 Å². The first kappa shape index (κ1) is 16.0. The molecular formula is C16H25NOS. The zero-order valence-electron chi connectivity index (χ0n) is 12.3. The first-order chi connectivity index (χ1) is 9.17. The quantitative estimate of drug-likeness (QED) is 0.699. The van der Waals surface area contributed by atoms with Gasteiger partial charge in [-0.15, -0.1) is 0 Å². The van der Waals surface area contributed by atoms with Crippen molar-refractivity contribution in [3.8, 4) is 0 Å². The van der Waals surface area contributed by atoms with Crippen molar-refractivity contribution in [2.45, 2.75) is 46.1 Å². The van der Waals surface area contributed by atoms with E-state index in [0.717, 1.165) is 32.4 Å². The smallest absolute Gasteiger partial charge is 0.259 e. The standard InChI is InChI=1S/C16H25NOS/c1-4-14(3)18-16(19)17(5-2)13-9-12-15-10-7-6-8-11-15/h6-8,10-11,14H,4-5,9,12-13H2,1-3H3. The van der Waals surface area contributed by atoms with Crippen LogP contribution in [0.4, 0.5) is 0 Å². The van der Waals surface area contributed by atoms with E-state index in [2.05, 4.69) is 56.0 Å². The van der Waals surface area contributed by atoms with Crippen LogP contribution < -0.4 is 0 Å². The Kier molecular flexibility index (Phi) is 7.49. The Labute approximate surface area is 122 Å². The van der Waals surface area contributed by atoms with E-state index in [4.69, 9.17) is 17.0 Å². The molecule has 0 saturated heterocycles. The molecule has 1 aromatic rings. The van der Waals surface area contributed by atoms with Crippen molar-refractivity contribution in [2.24, 2.45) is 0 Å². The Hall–Kier alpha value is -1.09. The summed E-state index contributed by atoms with van der Waals surface area (Å²) in [5.74, 6) is 0. The summed E-state index contributed by atoms with van der Waals surface area (Å²) in [6.45, 7) is 8.16. The highest BCUT2D eigenvalue weighted by Gasteiger charge is 2.11. The summed E-state index contributed by atoms with van der Waals surface area (Å²) in [7, 11) is 0. The van der Waals surface area contributed by atoms with Gasteiger partial charge in [-0.25, -0.2) is 0 Å². The second-order valence-corrected chi connectivity index (χ2v) is 5.12. The van der Waals surface area contributed by atoms with E-state index in [0.29, 0.717) is 5.17 Å². The molecule has 1 rings (SSSR count). The molecule has 0 bridgehead atoms. The molecule has 0 aromatic heterocycles. The Morgan fingerprint density at radius 2 is 1.95 bits per heavy atom. The summed E-state index contributed by atoms with van der Waals surface area (Å²) in [4.78, 5) is 2.14. The third-order valence-corrected chi connectivity index (χ3v) is 3.61. The summed E-state index contributed by atoms with van der Waals surface area (Å²) in [6, 6.07) is 10.6. The largest absolute Gasteiger partial charge is 0.468 e. The number of thiocarbonyl (C=S) groups is 1. The number of hydrogen-bond acceptors (Lipinski definition) is 2. The van der Waals surface area contributed by atoms with Crippen LogP contribution in [-0.2, 0) is 11.2 Å². The van der Waals surface area contributed by atoms with Crippen LogP contribution in [0, 0.1) is 0 Å². The van der Waals surface area contributed by atoms with Crippen LogP contribution in [-0.4, -0.2) is 29.3 Å². The number of ether oxygens (including phenoxy) is 1. The molecule has 0 heterocycles. The lowest BCUT2D eigenvalue weighted by Gasteiger charge is -2.25. The molecule has 2 nitrogen and oxygen atoms in total. The van der Waals surface area contributed by atoms with Gasteiger partial charge in [0, 0.05) is 13.1 Å². The van der Waals surface area contributed by atoms with Gasteiger partial charge in [0.15, 0.2) is 0 Å². The number of nitrogens with zero attached hydrogens (tertiary/aromatic N) is 1. The third kappa shape index (κ3) is 6.06. The lowest BCUT2D eigenvalue weighted by Crippen LogP contribution is -2.34. The molecule has 1 atom stereocenters. The number of rotatable bonds is 7. The van der Waals surface area contributed by atoms with E-state index in [9.17, 15) is 0 Å². The summed E-state index contributed by atoms with van der Waals surface area (Å²) < 4.78 is 5.71. The van der Waals surface area contributed by atoms with Gasteiger partial charge in [-0.3, -0.25) is 0 Å². The molecule has 0 aliphatic heterocycles. The Morgan fingerprint density at radius 3 is 2.53 bits per heavy atom. The minimum absolute atomic E-state index is 0.204. The number of aryl methyl sites for hydroxylation is 1. The van der Waals surface area contributed by atoms with Gasteiger partial charge in [-0.2, -0.15) is 0 Å². The minimum atomic E-state index is 0.204. The molecule has 1 unspecified atom stereocenters. The van der Waals surface area contributed by atoms with E-state index in [-0.39, 0.29) is 6.10 Å². The fourth-order valence-electron chi connectivity index (χ4n) is 1.83. The summed E-state index contributed by atoms with van der Waals surface area (Å²) >= 11 is 5.35. The molecule has 0 amide bonds. The molecule has 0 radical (unpaired) electrons. The SMILES string of the molecule is CCC(C)OC(=S)N(CC)CCCc1ccccc1. The summed E-state index contributed by atoms with van der Waals surface area (Å²) in [6.07, 6.45) is 3.38. The first-order valence-electron chi connectivity index (χ1n) is 7.16. The third-order valence-electron chi connectivity index (χ3n) is 3.25. The van der Waals surface area contributed by atoms with Gasteiger partial charge in [0.1, 0.15) is 0 Å². The first-order valence-corrected chi connectivity index (χ1v) is 7.57. The highest BCUT2D eigenvalue weighted by Crippen LogP contribution is 2.06. The molecule has 1 aromatic carbocycles. The molecule has 106 valence electrons. The zero-order valence-corrected chi connectivity index (χ0v) is 13.1. The van der Waals surface area contributed by atoms with E-state index in [1.54, 1.807) is 0 Å². The Bertz CT molecular complexity index is 366. The second-order valence-electron chi connectivity index (χ2n) is 4.77. The van der Waals surface area contributed by atoms with Crippen LogP contribution in [0.1, 0.15) is 39.2 Å². The number of benzene rings is 1. The van der Waals surface area contributed by atoms with Crippen LogP contribution >= 0.6 is 12.2 Å². The van der Waals surface area contributed by atoms with Crippen molar-refractivity contribution in [2.75, 3.05) is 13.1 Å².